The lowest BCUT2D eigenvalue weighted by Crippen LogP contribution is -2.63. The van der Waals surface area contributed by atoms with Crippen molar-refractivity contribution in [2.75, 3.05) is 19.7 Å². The van der Waals surface area contributed by atoms with Crippen LogP contribution >= 0.6 is 11.6 Å². The van der Waals surface area contributed by atoms with Gasteiger partial charge >= 0.3 is 6.18 Å². The standard InChI is InChI=1S/C29H47ClF3NO11/c1-4-15-7-5-8-17(23(15)44-28-22(39)20(37)21(38)25(45-28)29(31,32)33)43-27(41)19(30)24(16(36)9-12-35)42-18(13-14(2)3)26(40)34-10-6-11-34/h14-18,20-23,25,27-28,35-39,41H,4-13H2,1-3H3/b24-19+/t15?,16-,17+,18-,20?,21-,22?,23?,25?,27-,28+/m0/s1. The van der Waals surface area contributed by atoms with Crippen LogP contribution in [0.1, 0.15) is 65.7 Å². The van der Waals surface area contributed by atoms with Crippen molar-refractivity contribution in [3.05, 3.63) is 10.8 Å². The molecule has 0 bridgehead atoms. The minimum absolute atomic E-state index is 0.0106. The van der Waals surface area contributed by atoms with Crippen LogP contribution in [0.5, 0.6) is 0 Å². The van der Waals surface area contributed by atoms with Crippen LogP contribution in [-0.4, -0.2) is 129 Å². The van der Waals surface area contributed by atoms with Crippen molar-refractivity contribution in [1.29, 1.82) is 0 Å². The normalized spacial score (nSPS) is 33.7. The summed E-state index contributed by atoms with van der Waals surface area (Å²) in [6, 6.07) is 0. The van der Waals surface area contributed by atoms with Gasteiger partial charge < -0.3 is 54.5 Å². The zero-order valence-corrected chi connectivity index (χ0v) is 26.4. The number of alkyl halides is 3. The summed E-state index contributed by atoms with van der Waals surface area (Å²) in [4.78, 5) is 14.7. The van der Waals surface area contributed by atoms with E-state index in [1.54, 1.807) is 4.90 Å². The average Bonchev–Trinajstić information content (AvgIpc) is 2.93. The van der Waals surface area contributed by atoms with Gasteiger partial charge in [-0.25, -0.2) is 0 Å². The highest BCUT2D eigenvalue weighted by Gasteiger charge is 2.56. The van der Waals surface area contributed by atoms with Crippen LogP contribution in [0, 0.1) is 11.8 Å². The van der Waals surface area contributed by atoms with E-state index >= 15 is 0 Å². The maximum Gasteiger partial charge on any atom is 0.417 e. The maximum absolute atomic E-state index is 13.5. The van der Waals surface area contributed by atoms with E-state index in [9.17, 15) is 48.6 Å². The number of amides is 1. The monoisotopic (exact) mass is 677 g/mol. The predicted octanol–water partition coefficient (Wildman–Crippen LogP) is 1.51. The van der Waals surface area contributed by atoms with Crippen LogP contribution in [-0.2, 0) is 23.7 Å². The molecule has 1 amide bonds. The number of hydrogen-bond acceptors (Lipinski definition) is 11. The smallest absolute Gasteiger partial charge is 0.417 e. The van der Waals surface area contributed by atoms with E-state index in [1.165, 1.54) is 0 Å². The lowest BCUT2D eigenvalue weighted by atomic mass is 9.82. The van der Waals surface area contributed by atoms with Crippen molar-refractivity contribution < 1.29 is 67.6 Å². The second kappa shape index (κ2) is 16.7. The van der Waals surface area contributed by atoms with Crippen LogP contribution in [0.2, 0.25) is 0 Å². The molecule has 6 N–H and O–H groups in total. The number of rotatable bonds is 14. The molecule has 2 heterocycles. The van der Waals surface area contributed by atoms with Crippen LogP contribution in [0.15, 0.2) is 10.8 Å². The number of halogens is 4. The highest BCUT2D eigenvalue weighted by molar-refractivity contribution is 6.30. The summed E-state index contributed by atoms with van der Waals surface area (Å²) in [5.74, 6) is -1.00. The molecule has 3 rings (SSSR count). The molecule has 0 aromatic rings. The molecule has 12 nitrogen and oxygen atoms in total. The van der Waals surface area contributed by atoms with Gasteiger partial charge in [0.2, 0.25) is 0 Å². The Morgan fingerprint density at radius 2 is 1.73 bits per heavy atom. The Bertz CT molecular complexity index is 986. The van der Waals surface area contributed by atoms with Crippen molar-refractivity contribution in [3.63, 3.8) is 0 Å². The zero-order valence-electron chi connectivity index (χ0n) is 25.7. The van der Waals surface area contributed by atoms with E-state index in [0.717, 1.165) is 6.42 Å². The highest BCUT2D eigenvalue weighted by atomic mass is 35.5. The van der Waals surface area contributed by atoms with Gasteiger partial charge in [0.05, 0.1) is 12.2 Å². The molecule has 3 fully saturated rings. The molecule has 2 saturated heterocycles. The van der Waals surface area contributed by atoms with E-state index in [1.807, 2.05) is 20.8 Å². The lowest BCUT2D eigenvalue weighted by molar-refractivity contribution is -0.368. The summed E-state index contributed by atoms with van der Waals surface area (Å²) in [6.45, 7) is 6.20. The molecule has 1 saturated carbocycles. The van der Waals surface area contributed by atoms with Crippen molar-refractivity contribution in [2.45, 2.75) is 133 Å². The largest absolute Gasteiger partial charge is 0.481 e. The number of nitrogens with zero attached hydrogens (tertiary/aromatic N) is 1. The molecule has 11 atom stereocenters. The summed E-state index contributed by atoms with van der Waals surface area (Å²) in [5, 5.41) is 61.3. The Kier molecular flexibility index (Phi) is 14.2. The fourth-order valence-corrected chi connectivity index (χ4v) is 6.02. The number of carbonyl (C=O) groups is 1. The summed E-state index contributed by atoms with van der Waals surface area (Å²) in [6.07, 6.45) is -20.4. The van der Waals surface area contributed by atoms with Gasteiger partial charge in [0.1, 0.15) is 35.2 Å². The Labute approximate surface area is 265 Å². The first kappa shape index (κ1) is 38.2. The molecule has 0 radical (unpaired) electrons. The molecule has 1 aliphatic carbocycles. The van der Waals surface area contributed by atoms with Gasteiger partial charge in [-0.05, 0) is 37.5 Å². The summed E-state index contributed by atoms with van der Waals surface area (Å²) >= 11 is 6.52. The van der Waals surface area contributed by atoms with E-state index in [-0.39, 0.29) is 42.8 Å². The van der Waals surface area contributed by atoms with Gasteiger partial charge in [-0.15, -0.1) is 0 Å². The topological polar surface area (TPSA) is 179 Å². The van der Waals surface area contributed by atoms with Gasteiger partial charge in [0, 0.05) is 26.1 Å². The fourth-order valence-electron chi connectivity index (χ4n) is 5.80. The molecular formula is C29H47ClF3NO11. The quantitative estimate of drug-likeness (QED) is 0.116. The molecule has 5 unspecified atom stereocenters. The molecule has 45 heavy (non-hydrogen) atoms. The highest BCUT2D eigenvalue weighted by Crippen LogP contribution is 2.38. The van der Waals surface area contributed by atoms with E-state index < -0.39 is 79.2 Å². The Balaban J connectivity index is 1.86. The predicted molar refractivity (Wildman–Crippen MR) is 152 cm³/mol. The van der Waals surface area contributed by atoms with E-state index in [4.69, 9.17) is 30.5 Å². The van der Waals surface area contributed by atoms with Crippen LogP contribution in [0.25, 0.3) is 0 Å². The number of aliphatic hydroxyl groups is 6. The first-order valence-corrected chi connectivity index (χ1v) is 15.9. The van der Waals surface area contributed by atoms with Gasteiger partial charge in [0.15, 0.2) is 24.8 Å². The summed E-state index contributed by atoms with van der Waals surface area (Å²) in [5.41, 5.74) is 0. The minimum Gasteiger partial charge on any atom is -0.481 e. The third-order valence-electron chi connectivity index (χ3n) is 8.46. The Hall–Kier alpha value is -1.27. The number of aliphatic hydroxyl groups excluding tert-OH is 6. The Morgan fingerprint density at radius 1 is 1.07 bits per heavy atom. The number of likely N-dealkylation sites (tertiary alicyclic amines) is 1. The van der Waals surface area contributed by atoms with Gasteiger partial charge in [-0.3, -0.25) is 4.79 Å². The van der Waals surface area contributed by atoms with Crippen molar-refractivity contribution >= 4 is 17.5 Å². The molecular weight excluding hydrogens is 631 g/mol. The van der Waals surface area contributed by atoms with Crippen LogP contribution < -0.4 is 0 Å². The SMILES string of the molecule is CCC1CCC[C@@H](O[C@H](O)/C(Cl)=C(\O[C@@H](CC(C)C)C(=O)N2CCC2)[C@@H](O)CCO)C1O[C@@H]1OC(C(F)(F)F)[C@@H](O)C(O)C1O. The van der Waals surface area contributed by atoms with Crippen molar-refractivity contribution in [1.82, 2.24) is 4.90 Å². The summed E-state index contributed by atoms with van der Waals surface area (Å²) in [7, 11) is 0. The lowest BCUT2D eigenvalue weighted by Gasteiger charge is -2.45. The van der Waals surface area contributed by atoms with Gasteiger partial charge in [0.25, 0.3) is 5.91 Å². The Morgan fingerprint density at radius 3 is 2.27 bits per heavy atom. The van der Waals surface area contributed by atoms with Gasteiger partial charge in [-0.2, -0.15) is 13.2 Å². The molecule has 262 valence electrons. The average molecular weight is 678 g/mol. The number of carbonyl (C=O) groups excluding carboxylic acids is 1. The maximum atomic E-state index is 13.5. The van der Waals surface area contributed by atoms with Gasteiger partial charge in [-0.1, -0.05) is 45.2 Å². The van der Waals surface area contributed by atoms with Crippen LogP contribution in [0.3, 0.4) is 0 Å². The van der Waals surface area contributed by atoms with Crippen molar-refractivity contribution in [3.8, 4) is 0 Å². The molecule has 0 spiro atoms. The molecule has 0 aromatic heterocycles. The second-order valence-electron chi connectivity index (χ2n) is 12.3. The zero-order chi connectivity index (χ0) is 33.6. The minimum atomic E-state index is -5.07. The van der Waals surface area contributed by atoms with E-state index in [0.29, 0.717) is 32.4 Å². The number of hydrogen-bond donors (Lipinski definition) is 6. The first-order chi connectivity index (χ1) is 21.1. The van der Waals surface area contributed by atoms with E-state index in [2.05, 4.69) is 0 Å². The third-order valence-corrected chi connectivity index (χ3v) is 8.83. The molecule has 0 aromatic carbocycles. The second-order valence-corrected chi connectivity index (χ2v) is 12.7. The van der Waals surface area contributed by atoms with Crippen molar-refractivity contribution in [2.24, 2.45) is 11.8 Å². The number of ether oxygens (including phenoxy) is 4. The van der Waals surface area contributed by atoms with Crippen LogP contribution in [0.4, 0.5) is 13.2 Å². The third kappa shape index (κ3) is 9.64. The summed E-state index contributed by atoms with van der Waals surface area (Å²) < 4.78 is 63.1. The molecule has 2 aliphatic heterocycles. The molecule has 16 heteroatoms. The molecule has 3 aliphatic rings. The fraction of sp³-hybridized carbons (Fsp3) is 0.897. The first-order valence-electron chi connectivity index (χ1n) is 15.5.